The first kappa shape index (κ1) is 16.0. The highest BCUT2D eigenvalue weighted by Crippen LogP contribution is 2.25. The highest BCUT2D eigenvalue weighted by Gasteiger charge is 2.08. The zero-order chi connectivity index (χ0) is 15.2. The Bertz CT molecular complexity index is 578. The average Bonchev–Trinajstić information content (AvgIpc) is 2.83. The predicted octanol–water partition coefficient (Wildman–Crippen LogP) is 4.08. The summed E-state index contributed by atoms with van der Waals surface area (Å²) < 4.78 is 6.06. The summed E-state index contributed by atoms with van der Waals surface area (Å²) >= 11 is 1.69. The summed E-state index contributed by atoms with van der Waals surface area (Å²) in [7, 11) is 0. The molecule has 1 aromatic heterocycles. The van der Waals surface area contributed by atoms with Crippen LogP contribution in [-0.4, -0.2) is 11.5 Å². The lowest BCUT2D eigenvalue weighted by atomic mass is 10.1. The number of aryl methyl sites for hydroxylation is 2. The number of nitrogens with one attached hydrogen (secondary N) is 1. The lowest BCUT2D eigenvalue weighted by molar-refractivity contribution is 0.303. The molecule has 0 spiro atoms. The summed E-state index contributed by atoms with van der Waals surface area (Å²) in [6.07, 6.45) is 1.90. The van der Waals surface area contributed by atoms with Gasteiger partial charge in [-0.3, -0.25) is 0 Å². The van der Waals surface area contributed by atoms with E-state index >= 15 is 0 Å². The Kier molecular flexibility index (Phi) is 5.76. The molecule has 3 nitrogen and oxygen atoms in total. The summed E-state index contributed by atoms with van der Waals surface area (Å²) in [5, 5.41) is 4.56. The summed E-state index contributed by atoms with van der Waals surface area (Å²) in [5.41, 5.74) is 2.40. The number of para-hydroxylation sites is 1. The molecule has 2 aromatic rings. The molecule has 2 rings (SSSR count). The smallest absolute Gasteiger partial charge is 0.127 e. The Hall–Kier alpha value is -1.39. The van der Waals surface area contributed by atoms with E-state index in [1.165, 1.54) is 11.1 Å². The Labute approximate surface area is 131 Å². The summed E-state index contributed by atoms with van der Waals surface area (Å²) in [6, 6.07) is 6.32. The zero-order valence-corrected chi connectivity index (χ0v) is 14.1. The third-order valence-electron chi connectivity index (χ3n) is 3.19. The topological polar surface area (TPSA) is 34.1 Å². The molecule has 0 aliphatic rings. The van der Waals surface area contributed by atoms with Gasteiger partial charge >= 0.3 is 0 Å². The molecule has 114 valence electrons. The summed E-state index contributed by atoms with van der Waals surface area (Å²) in [6.45, 7) is 11.0. The van der Waals surface area contributed by atoms with E-state index in [0.717, 1.165) is 28.7 Å². The van der Waals surface area contributed by atoms with Crippen molar-refractivity contribution in [2.75, 3.05) is 6.54 Å². The fraction of sp³-hybridized carbons (Fsp3) is 0.471. The standard InChI is InChI=1S/C17H24N2OS/c1-12(2)8-18-9-15-7-5-6-13(3)17(15)20-11-16-10-19-14(4)21-16/h5-7,10,12,18H,8-9,11H2,1-4H3. The van der Waals surface area contributed by atoms with Crippen LogP contribution in [0.5, 0.6) is 5.75 Å². The molecular weight excluding hydrogens is 280 g/mol. The Morgan fingerprint density at radius 2 is 2.10 bits per heavy atom. The second-order valence-electron chi connectivity index (χ2n) is 5.72. The molecule has 0 bridgehead atoms. The number of hydrogen-bond donors (Lipinski definition) is 1. The maximum Gasteiger partial charge on any atom is 0.127 e. The SMILES string of the molecule is Cc1ncc(COc2c(C)cccc2CNCC(C)C)s1. The van der Waals surface area contributed by atoms with Gasteiger partial charge in [-0.15, -0.1) is 11.3 Å². The van der Waals surface area contributed by atoms with E-state index in [1.54, 1.807) is 11.3 Å². The second-order valence-corrected chi connectivity index (χ2v) is 7.04. The van der Waals surface area contributed by atoms with Crippen LogP contribution in [0, 0.1) is 19.8 Å². The first-order chi connectivity index (χ1) is 10.1. The van der Waals surface area contributed by atoms with Crippen molar-refractivity contribution in [3.05, 3.63) is 45.4 Å². The number of nitrogens with zero attached hydrogens (tertiary/aromatic N) is 1. The number of ether oxygens (including phenoxy) is 1. The van der Waals surface area contributed by atoms with E-state index in [2.05, 4.69) is 49.3 Å². The number of thiazole rings is 1. The maximum atomic E-state index is 6.06. The Morgan fingerprint density at radius 1 is 1.29 bits per heavy atom. The van der Waals surface area contributed by atoms with Crippen LogP contribution in [0.2, 0.25) is 0 Å². The van der Waals surface area contributed by atoms with Crippen LogP contribution in [0.15, 0.2) is 24.4 Å². The molecule has 1 aromatic carbocycles. The quantitative estimate of drug-likeness (QED) is 0.837. The van der Waals surface area contributed by atoms with E-state index in [-0.39, 0.29) is 0 Å². The van der Waals surface area contributed by atoms with Crippen molar-refractivity contribution in [1.82, 2.24) is 10.3 Å². The van der Waals surface area contributed by atoms with Gasteiger partial charge in [-0.05, 0) is 31.9 Å². The van der Waals surface area contributed by atoms with E-state index < -0.39 is 0 Å². The number of aromatic nitrogens is 1. The van der Waals surface area contributed by atoms with Crippen molar-refractivity contribution < 1.29 is 4.74 Å². The van der Waals surface area contributed by atoms with Crippen LogP contribution in [0.4, 0.5) is 0 Å². The molecule has 0 fully saturated rings. The van der Waals surface area contributed by atoms with Crippen LogP contribution in [-0.2, 0) is 13.2 Å². The molecule has 0 unspecified atom stereocenters. The van der Waals surface area contributed by atoms with E-state index in [1.807, 2.05) is 13.1 Å². The fourth-order valence-corrected chi connectivity index (χ4v) is 2.88. The Morgan fingerprint density at radius 3 is 2.76 bits per heavy atom. The van der Waals surface area contributed by atoms with Crippen molar-refractivity contribution in [3.8, 4) is 5.75 Å². The molecule has 0 aliphatic heterocycles. The minimum atomic E-state index is 0.591. The van der Waals surface area contributed by atoms with Crippen LogP contribution < -0.4 is 10.1 Å². The van der Waals surface area contributed by atoms with Gasteiger partial charge in [-0.2, -0.15) is 0 Å². The normalized spacial score (nSPS) is 11.1. The molecule has 1 N–H and O–H groups in total. The van der Waals surface area contributed by atoms with Crippen molar-refractivity contribution in [1.29, 1.82) is 0 Å². The second kappa shape index (κ2) is 7.57. The molecule has 4 heteroatoms. The highest BCUT2D eigenvalue weighted by molar-refractivity contribution is 7.11. The minimum Gasteiger partial charge on any atom is -0.487 e. The summed E-state index contributed by atoms with van der Waals surface area (Å²) in [4.78, 5) is 5.43. The number of benzene rings is 1. The highest BCUT2D eigenvalue weighted by atomic mass is 32.1. The molecule has 1 heterocycles. The van der Waals surface area contributed by atoms with Gasteiger partial charge in [0.25, 0.3) is 0 Å². The third-order valence-corrected chi connectivity index (χ3v) is 4.08. The molecule has 0 atom stereocenters. The molecule has 0 radical (unpaired) electrons. The number of hydrogen-bond acceptors (Lipinski definition) is 4. The van der Waals surface area contributed by atoms with Crippen LogP contribution in [0.1, 0.15) is 34.9 Å². The average molecular weight is 304 g/mol. The molecular formula is C17H24N2OS. The molecule has 0 aliphatic carbocycles. The van der Waals surface area contributed by atoms with Gasteiger partial charge in [-0.25, -0.2) is 4.98 Å². The lowest BCUT2D eigenvalue weighted by Crippen LogP contribution is -2.19. The van der Waals surface area contributed by atoms with Gasteiger partial charge < -0.3 is 10.1 Å². The maximum absolute atomic E-state index is 6.06. The molecule has 0 saturated heterocycles. The van der Waals surface area contributed by atoms with Crippen LogP contribution in [0.25, 0.3) is 0 Å². The largest absolute Gasteiger partial charge is 0.487 e. The van der Waals surface area contributed by atoms with E-state index in [4.69, 9.17) is 4.74 Å². The van der Waals surface area contributed by atoms with Crippen molar-refractivity contribution in [3.63, 3.8) is 0 Å². The van der Waals surface area contributed by atoms with Crippen molar-refractivity contribution in [2.45, 2.75) is 40.8 Å². The van der Waals surface area contributed by atoms with Gasteiger partial charge in [0.05, 0.1) is 9.88 Å². The number of rotatable bonds is 7. The van der Waals surface area contributed by atoms with Crippen molar-refractivity contribution in [2.24, 2.45) is 5.92 Å². The fourth-order valence-electron chi connectivity index (χ4n) is 2.17. The summed E-state index contributed by atoms with van der Waals surface area (Å²) in [5.74, 6) is 1.65. The predicted molar refractivity (Wildman–Crippen MR) is 88.9 cm³/mol. The lowest BCUT2D eigenvalue weighted by Gasteiger charge is -2.15. The van der Waals surface area contributed by atoms with Gasteiger partial charge in [-0.1, -0.05) is 32.0 Å². The first-order valence-electron chi connectivity index (χ1n) is 7.39. The molecule has 21 heavy (non-hydrogen) atoms. The van der Waals surface area contributed by atoms with Gasteiger partial charge in [0.15, 0.2) is 0 Å². The third kappa shape index (κ3) is 4.83. The van der Waals surface area contributed by atoms with Crippen LogP contribution in [0.3, 0.4) is 0 Å². The van der Waals surface area contributed by atoms with Gasteiger partial charge in [0.2, 0.25) is 0 Å². The van der Waals surface area contributed by atoms with E-state index in [9.17, 15) is 0 Å². The van der Waals surface area contributed by atoms with Crippen LogP contribution >= 0.6 is 11.3 Å². The Balaban J connectivity index is 2.02. The van der Waals surface area contributed by atoms with Gasteiger partial charge in [0.1, 0.15) is 12.4 Å². The van der Waals surface area contributed by atoms with Gasteiger partial charge in [0, 0.05) is 18.3 Å². The zero-order valence-electron chi connectivity index (χ0n) is 13.3. The molecule has 0 amide bonds. The van der Waals surface area contributed by atoms with Crippen molar-refractivity contribution >= 4 is 11.3 Å². The monoisotopic (exact) mass is 304 g/mol. The minimum absolute atomic E-state index is 0.591. The first-order valence-corrected chi connectivity index (χ1v) is 8.21. The molecule has 0 saturated carbocycles. The van der Waals surface area contributed by atoms with E-state index in [0.29, 0.717) is 12.5 Å².